The number of ether oxygens (including phenoxy) is 1. The molecule has 0 radical (unpaired) electrons. The van der Waals surface area contributed by atoms with E-state index in [-0.39, 0.29) is 23.3 Å². The van der Waals surface area contributed by atoms with Crippen molar-refractivity contribution in [2.45, 2.75) is 19.4 Å². The Morgan fingerprint density at radius 1 is 1.58 bits per heavy atom. The molecule has 1 N–H and O–H groups in total. The van der Waals surface area contributed by atoms with E-state index in [4.69, 9.17) is 9.84 Å². The molecule has 2 heterocycles. The van der Waals surface area contributed by atoms with Crippen molar-refractivity contribution in [3.63, 3.8) is 0 Å². The summed E-state index contributed by atoms with van der Waals surface area (Å²) in [5.74, 6) is -1.31. The summed E-state index contributed by atoms with van der Waals surface area (Å²) >= 11 is 0. The Balaban J connectivity index is 2.14. The number of carbonyl (C=O) groups is 2. The lowest BCUT2D eigenvalue weighted by atomic mass is 10.2. The van der Waals surface area contributed by atoms with E-state index in [1.165, 1.54) is 18.3 Å². The Hall–Kier alpha value is -1.95. The standard InChI is InChI=1S/C13H16N2O4/c1-2-10-8-15(5-6-19-10)12(16)11-7-9(13(17)18)3-4-14-11/h3-4,7,10H,2,5-6,8H2,1H3,(H,17,18). The third kappa shape index (κ3) is 3.08. The smallest absolute Gasteiger partial charge is 0.335 e. The summed E-state index contributed by atoms with van der Waals surface area (Å²) in [7, 11) is 0. The van der Waals surface area contributed by atoms with Crippen LogP contribution in [0.2, 0.25) is 0 Å². The van der Waals surface area contributed by atoms with E-state index >= 15 is 0 Å². The molecule has 102 valence electrons. The molecule has 1 amide bonds. The van der Waals surface area contributed by atoms with Crippen molar-refractivity contribution in [1.29, 1.82) is 0 Å². The number of amides is 1. The van der Waals surface area contributed by atoms with Crippen LogP contribution in [0.1, 0.15) is 34.2 Å². The zero-order valence-electron chi connectivity index (χ0n) is 10.7. The molecule has 1 aromatic heterocycles. The minimum Gasteiger partial charge on any atom is -0.478 e. The molecule has 0 bridgehead atoms. The summed E-state index contributed by atoms with van der Waals surface area (Å²) in [5, 5.41) is 8.91. The van der Waals surface area contributed by atoms with E-state index in [0.29, 0.717) is 19.7 Å². The largest absolute Gasteiger partial charge is 0.478 e. The minimum absolute atomic E-state index is 0.0420. The third-order valence-corrected chi connectivity index (χ3v) is 3.11. The van der Waals surface area contributed by atoms with Gasteiger partial charge in [0.1, 0.15) is 5.69 Å². The Labute approximate surface area is 111 Å². The highest BCUT2D eigenvalue weighted by Crippen LogP contribution is 2.12. The van der Waals surface area contributed by atoms with E-state index in [1.807, 2.05) is 6.92 Å². The van der Waals surface area contributed by atoms with E-state index in [1.54, 1.807) is 4.90 Å². The Morgan fingerprint density at radius 3 is 3.05 bits per heavy atom. The van der Waals surface area contributed by atoms with E-state index in [2.05, 4.69) is 4.98 Å². The first-order valence-corrected chi connectivity index (χ1v) is 6.22. The number of aromatic carboxylic acids is 1. The average molecular weight is 264 g/mol. The summed E-state index contributed by atoms with van der Waals surface area (Å²) in [6.07, 6.45) is 2.22. The van der Waals surface area contributed by atoms with Gasteiger partial charge in [-0.1, -0.05) is 6.92 Å². The van der Waals surface area contributed by atoms with Gasteiger partial charge in [-0.05, 0) is 18.6 Å². The number of carboxylic acids is 1. The maximum absolute atomic E-state index is 12.3. The second-order valence-corrected chi connectivity index (χ2v) is 4.39. The van der Waals surface area contributed by atoms with Crippen LogP contribution in [0.4, 0.5) is 0 Å². The number of nitrogens with zero attached hydrogens (tertiary/aromatic N) is 2. The fraction of sp³-hybridized carbons (Fsp3) is 0.462. The van der Waals surface area contributed by atoms with Gasteiger partial charge in [-0.3, -0.25) is 9.78 Å². The molecule has 0 saturated carbocycles. The molecule has 1 unspecified atom stereocenters. The molecule has 19 heavy (non-hydrogen) atoms. The van der Waals surface area contributed by atoms with Gasteiger partial charge < -0.3 is 14.7 Å². The van der Waals surface area contributed by atoms with Crippen LogP contribution in [0, 0.1) is 0 Å². The topological polar surface area (TPSA) is 79.7 Å². The quantitative estimate of drug-likeness (QED) is 0.882. The molecule has 6 heteroatoms. The summed E-state index contributed by atoms with van der Waals surface area (Å²) < 4.78 is 5.50. The van der Waals surface area contributed by atoms with Gasteiger partial charge in [0.2, 0.25) is 0 Å². The molecule has 1 aliphatic rings. The summed E-state index contributed by atoms with van der Waals surface area (Å²) in [5.41, 5.74) is 0.232. The Morgan fingerprint density at radius 2 is 2.37 bits per heavy atom. The molecule has 1 fully saturated rings. The molecule has 6 nitrogen and oxygen atoms in total. The molecule has 1 aromatic rings. The zero-order chi connectivity index (χ0) is 13.8. The van der Waals surface area contributed by atoms with Crippen molar-refractivity contribution in [3.05, 3.63) is 29.6 Å². The Bertz CT molecular complexity index is 489. The summed E-state index contributed by atoms with van der Waals surface area (Å²) in [6.45, 7) is 3.54. The van der Waals surface area contributed by atoms with E-state index in [0.717, 1.165) is 6.42 Å². The van der Waals surface area contributed by atoms with Crippen molar-refractivity contribution >= 4 is 11.9 Å². The fourth-order valence-electron chi connectivity index (χ4n) is 1.99. The molecule has 2 rings (SSSR count). The number of hydrogen-bond donors (Lipinski definition) is 1. The number of aromatic nitrogens is 1. The molecule has 0 spiro atoms. The van der Waals surface area contributed by atoms with Crippen LogP contribution in [0.3, 0.4) is 0 Å². The first-order valence-electron chi connectivity index (χ1n) is 6.22. The second-order valence-electron chi connectivity index (χ2n) is 4.39. The highest BCUT2D eigenvalue weighted by Gasteiger charge is 2.25. The fourth-order valence-corrected chi connectivity index (χ4v) is 1.99. The van der Waals surface area contributed by atoms with Crippen molar-refractivity contribution < 1.29 is 19.4 Å². The maximum atomic E-state index is 12.3. The third-order valence-electron chi connectivity index (χ3n) is 3.11. The normalized spacial score (nSPS) is 19.2. The predicted molar refractivity (Wildman–Crippen MR) is 67.1 cm³/mol. The number of hydrogen-bond acceptors (Lipinski definition) is 4. The minimum atomic E-state index is -1.06. The Kier molecular flexibility index (Phi) is 4.11. The first-order chi connectivity index (χ1) is 9.11. The van der Waals surface area contributed by atoms with Gasteiger partial charge in [0.25, 0.3) is 5.91 Å². The van der Waals surface area contributed by atoms with E-state index < -0.39 is 5.97 Å². The van der Waals surface area contributed by atoms with Crippen molar-refractivity contribution in [3.8, 4) is 0 Å². The van der Waals surface area contributed by atoms with Crippen LogP contribution < -0.4 is 0 Å². The molecular weight excluding hydrogens is 248 g/mol. The average Bonchev–Trinajstić information content (AvgIpc) is 2.46. The highest BCUT2D eigenvalue weighted by molar-refractivity contribution is 5.95. The van der Waals surface area contributed by atoms with Crippen molar-refractivity contribution in [2.24, 2.45) is 0 Å². The highest BCUT2D eigenvalue weighted by atomic mass is 16.5. The van der Waals surface area contributed by atoms with Crippen molar-refractivity contribution in [1.82, 2.24) is 9.88 Å². The first kappa shape index (κ1) is 13.5. The van der Waals surface area contributed by atoms with Gasteiger partial charge in [-0.15, -0.1) is 0 Å². The number of morpholine rings is 1. The molecule has 1 saturated heterocycles. The van der Waals surface area contributed by atoms with Crippen molar-refractivity contribution in [2.75, 3.05) is 19.7 Å². The van der Waals surface area contributed by atoms with Gasteiger partial charge in [-0.2, -0.15) is 0 Å². The van der Waals surface area contributed by atoms with Crippen LogP contribution >= 0.6 is 0 Å². The van der Waals surface area contributed by atoms with Crippen LogP contribution in [0.5, 0.6) is 0 Å². The zero-order valence-corrected chi connectivity index (χ0v) is 10.7. The molecule has 1 aliphatic heterocycles. The molecule has 0 aromatic carbocycles. The number of carbonyl (C=O) groups excluding carboxylic acids is 1. The number of pyridine rings is 1. The van der Waals surface area contributed by atoms with Gasteiger partial charge in [0.15, 0.2) is 0 Å². The van der Waals surface area contributed by atoms with Crippen LogP contribution in [-0.2, 0) is 4.74 Å². The summed E-state index contributed by atoms with van der Waals surface area (Å²) in [4.78, 5) is 28.7. The number of rotatable bonds is 3. The SMILES string of the molecule is CCC1CN(C(=O)c2cc(C(=O)O)ccn2)CCO1. The van der Waals surface area contributed by atoms with Gasteiger partial charge in [0.05, 0.1) is 18.3 Å². The van der Waals surface area contributed by atoms with Crippen LogP contribution in [0.25, 0.3) is 0 Å². The van der Waals surface area contributed by atoms with E-state index in [9.17, 15) is 9.59 Å². The second kappa shape index (κ2) is 5.79. The predicted octanol–water partition coefficient (Wildman–Crippen LogP) is 1.03. The lowest BCUT2D eigenvalue weighted by Gasteiger charge is -2.32. The molecule has 1 atom stereocenters. The van der Waals surface area contributed by atoms with Crippen LogP contribution in [-0.4, -0.2) is 52.7 Å². The lowest BCUT2D eigenvalue weighted by molar-refractivity contribution is -0.0228. The lowest BCUT2D eigenvalue weighted by Crippen LogP contribution is -2.45. The molecular formula is C13H16N2O4. The monoisotopic (exact) mass is 264 g/mol. The van der Waals surface area contributed by atoms with Crippen LogP contribution in [0.15, 0.2) is 18.3 Å². The molecule has 0 aliphatic carbocycles. The summed E-state index contributed by atoms with van der Waals surface area (Å²) in [6, 6.07) is 2.67. The van der Waals surface area contributed by atoms with Gasteiger partial charge in [0, 0.05) is 19.3 Å². The number of carboxylic acid groups (broad SMARTS) is 1. The van der Waals surface area contributed by atoms with Gasteiger partial charge in [-0.25, -0.2) is 4.79 Å². The van der Waals surface area contributed by atoms with Gasteiger partial charge >= 0.3 is 5.97 Å². The maximum Gasteiger partial charge on any atom is 0.335 e.